The van der Waals surface area contributed by atoms with Gasteiger partial charge in [-0.05, 0) is 35.6 Å². The Kier molecular flexibility index (Phi) is 6.92. The van der Waals surface area contributed by atoms with Crippen LogP contribution in [0.3, 0.4) is 0 Å². The van der Waals surface area contributed by atoms with Crippen molar-refractivity contribution in [2.45, 2.75) is 53.6 Å². The lowest BCUT2D eigenvalue weighted by Gasteiger charge is -2.19. The van der Waals surface area contributed by atoms with Gasteiger partial charge >= 0.3 is 5.69 Å². The molecular weight excluding hydrogens is 461 g/mol. The highest BCUT2D eigenvalue weighted by atomic mass is 19.1. The third-order valence-corrected chi connectivity index (χ3v) is 5.93. The van der Waals surface area contributed by atoms with E-state index >= 15 is 0 Å². The average molecular weight is 492 g/mol. The Morgan fingerprint density at radius 1 is 1.06 bits per heavy atom. The minimum atomic E-state index is -0.537. The number of carbonyl (C=O) groups excluding carboxylic acids is 1. The van der Waals surface area contributed by atoms with E-state index < -0.39 is 17.1 Å². The molecule has 0 saturated heterocycles. The van der Waals surface area contributed by atoms with E-state index in [1.807, 2.05) is 12.1 Å². The summed E-state index contributed by atoms with van der Waals surface area (Å²) in [7, 11) is 0. The number of hydrogen-bond acceptors (Lipinski definition) is 4. The first-order valence-corrected chi connectivity index (χ1v) is 11.8. The fourth-order valence-corrected chi connectivity index (χ4v) is 3.99. The molecule has 0 atom stereocenters. The SMILES string of the molecule is CC(=O)Nc1ccc(Cc2nc3c([nH]2)c(=O)n(Cc2ccccc2F)c(=O)n3CCC(C)(C)C)cc1. The highest BCUT2D eigenvalue weighted by Gasteiger charge is 2.20. The van der Waals surface area contributed by atoms with Crippen molar-refractivity contribution in [1.82, 2.24) is 19.1 Å². The van der Waals surface area contributed by atoms with Gasteiger partial charge in [-0.1, -0.05) is 51.1 Å². The van der Waals surface area contributed by atoms with Crippen LogP contribution in [0.5, 0.6) is 0 Å². The summed E-state index contributed by atoms with van der Waals surface area (Å²) in [5, 5.41) is 2.72. The predicted octanol–water partition coefficient (Wildman–Crippen LogP) is 4.06. The summed E-state index contributed by atoms with van der Waals surface area (Å²) in [5.74, 6) is -0.0972. The second-order valence-electron chi connectivity index (χ2n) is 10.2. The zero-order chi connectivity index (χ0) is 26.0. The van der Waals surface area contributed by atoms with Crippen molar-refractivity contribution in [3.05, 3.63) is 92.1 Å². The minimum Gasteiger partial charge on any atom is -0.336 e. The summed E-state index contributed by atoms with van der Waals surface area (Å²) < 4.78 is 16.9. The third-order valence-electron chi connectivity index (χ3n) is 5.93. The molecule has 0 saturated carbocycles. The van der Waals surface area contributed by atoms with Gasteiger partial charge in [0.05, 0.1) is 6.54 Å². The Morgan fingerprint density at radius 3 is 2.39 bits per heavy atom. The molecule has 2 aromatic heterocycles. The zero-order valence-electron chi connectivity index (χ0n) is 20.9. The number of amides is 1. The summed E-state index contributed by atoms with van der Waals surface area (Å²) >= 11 is 0. The number of aromatic nitrogens is 4. The van der Waals surface area contributed by atoms with Crippen LogP contribution in [-0.4, -0.2) is 25.0 Å². The van der Waals surface area contributed by atoms with E-state index in [2.05, 4.69) is 36.1 Å². The number of anilines is 1. The Hall–Kier alpha value is -4.01. The first kappa shape index (κ1) is 25.1. The number of nitrogens with zero attached hydrogens (tertiary/aromatic N) is 3. The van der Waals surface area contributed by atoms with Gasteiger partial charge in [0.25, 0.3) is 5.56 Å². The van der Waals surface area contributed by atoms with Crippen LogP contribution in [0.4, 0.5) is 10.1 Å². The monoisotopic (exact) mass is 491 g/mol. The lowest BCUT2D eigenvalue weighted by atomic mass is 9.92. The van der Waals surface area contributed by atoms with Crippen molar-refractivity contribution in [1.29, 1.82) is 0 Å². The average Bonchev–Trinajstić information content (AvgIpc) is 3.21. The molecule has 2 aromatic carbocycles. The largest absolute Gasteiger partial charge is 0.336 e. The Labute approximate surface area is 207 Å². The molecule has 2 N–H and O–H groups in total. The van der Waals surface area contributed by atoms with E-state index in [0.717, 1.165) is 10.1 Å². The second kappa shape index (κ2) is 9.93. The molecule has 9 heteroatoms. The fourth-order valence-electron chi connectivity index (χ4n) is 3.99. The quantitative estimate of drug-likeness (QED) is 0.407. The topological polar surface area (TPSA) is 102 Å². The summed E-state index contributed by atoms with van der Waals surface area (Å²) in [4.78, 5) is 45.8. The first-order chi connectivity index (χ1) is 17.0. The molecule has 0 aliphatic heterocycles. The fraction of sp³-hybridized carbons (Fsp3) is 0.333. The van der Waals surface area contributed by atoms with Crippen LogP contribution in [0.2, 0.25) is 0 Å². The molecule has 4 aromatic rings. The smallest absolute Gasteiger partial charge is 0.333 e. The van der Waals surface area contributed by atoms with E-state index in [9.17, 15) is 18.8 Å². The molecule has 1 amide bonds. The molecule has 188 valence electrons. The molecular formula is C27H30FN5O3. The molecule has 0 spiro atoms. The standard InChI is InChI=1S/C27H30FN5O3/c1-17(34)29-20-11-9-18(10-12-20)15-22-30-23-24(31-22)32(14-13-27(2,3)4)26(36)33(25(23)35)16-19-7-5-6-8-21(19)28/h5-12H,13-16H2,1-4H3,(H,29,34)(H,30,31). The van der Waals surface area contributed by atoms with Crippen LogP contribution in [0, 0.1) is 11.2 Å². The predicted molar refractivity (Wildman–Crippen MR) is 138 cm³/mol. The Bertz CT molecular complexity index is 1520. The zero-order valence-corrected chi connectivity index (χ0v) is 20.9. The number of H-pyrrole nitrogens is 1. The molecule has 0 radical (unpaired) electrons. The number of rotatable bonds is 7. The second-order valence-corrected chi connectivity index (χ2v) is 10.2. The van der Waals surface area contributed by atoms with Crippen LogP contribution in [0.1, 0.15) is 51.1 Å². The molecule has 0 bridgehead atoms. The van der Waals surface area contributed by atoms with Crippen molar-refractivity contribution >= 4 is 22.8 Å². The van der Waals surface area contributed by atoms with Crippen LogP contribution in [0.25, 0.3) is 11.2 Å². The van der Waals surface area contributed by atoms with Gasteiger partial charge in [-0.2, -0.15) is 0 Å². The molecule has 8 nitrogen and oxygen atoms in total. The number of aromatic amines is 1. The van der Waals surface area contributed by atoms with Gasteiger partial charge in [-0.3, -0.25) is 18.7 Å². The number of imidazole rings is 1. The van der Waals surface area contributed by atoms with Gasteiger partial charge in [0.2, 0.25) is 5.91 Å². The number of carbonyl (C=O) groups is 1. The van der Waals surface area contributed by atoms with E-state index in [4.69, 9.17) is 0 Å². The minimum absolute atomic E-state index is 0.0486. The maximum Gasteiger partial charge on any atom is 0.333 e. The van der Waals surface area contributed by atoms with Gasteiger partial charge in [-0.25, -0.2) is 14.2 Å². The molecule has 0 aliphatic carbocycles. The van der Waals surface area contributed by atoms with E-state index in [1.165, 1.54) is 17.6 Å². The lowest BCUT2D eigenvalue weighted by Crippen LogP contribution is -2.41. The van der Waals surface area contributed by atoms with Crippen molar-refractivity contribution in [3.63, 3.8) is 0 Å². The van der Waals surface area contributed by atoms with E-state index in [1.54, 1.807) is 30.3 Å². The highest BCUT2D eigenvalue weighted by molar-refractivity contribution is 5.88. The molecule has 36 heavy (non-hydrogen) atoms. The van der Waals surface area contributed by atoms with Crippen LogP contribution >= 0.6 is 0 Å². The number of nitrogens with one attached hydrogen (secondary N) is 2. The van der Waals surface area contributed by atoms with Crippen LogP contribution in [-0.2, 0) is 24.3 Å². The third kappa shape index (κ3) is 5.62. The van der Waals surface area contributed by atoms with Gasteiger partial charge in [0.15, 0.2) is 5.65 Å². The molecule has 0 aliphatic rings. The molecule has 0 unspecified atom stereocenters. The molecule has 0 fully saturated rings. The van der Waals surface area contributed by atoms with Crippen molar-refractivity contribution in [2.24, 2.45) is 5.41 Å². The number of fused-ring (bicyclic) bond motifs is 1. The summed E-state index contributed by atoms with van der Waals surface area (Å²) in [6.07, 6.45) is 1.09. The Balaban J connectivity index is 1.77. The van der Waals surface area contributed by atoms with E-state index in [-0.39, 0.29) is 28.9 Å². The Morgan fingerprint density at radius 2 is 1.75 bits per heavy atom. The summed E-state index contributed by atoms with van der Waals surface area (Å²) in [6, 6.07) is 13.4. The van der Waals surface area contributed by atoms with E-state index in [0.29, 0.717) is 36.5 Å². The van der Waals surface area contributed by atoms with Gasteiger partial charge in [-0.15, -0.1) is 0 Å². The highest BCUT2D eigenvalue weighted by Crippen LogP contribution is 2.20. The van der Waals surface area contributed by atoms with Crippen molar-refractivity contribution in [2.75, 3.05) is 5.32 Å². The van der Waals surface area contributed by atoms with Crippen LogP contribution in [0.15, 0.2) is 58.1 Å². The van der Waals surface area contributed by atoms with Crippen molar-refractivity contribution < 1.29 is 9.18 Å². The van der Waals surface area contributed by atoms with Gasteiger partial charge in [0.1, 0.15) is 17.2 Å². The molecule has 2 heterocycles. The normalized spacial score (nSPS) is 11.7. The summed E-state index contributed by atoms with van der Waals surface area (Å²) in [6.45, 7) is 7.86. The van der Waals surface area contributed by atoms with Crippen LogP contribution < -0.4 is 16.6 Å². The lowest BCUT2D eigenvalue weighted by molar-refractivity contribution is -0.114. The van der Waals surface area contributed by atoms with Crippen molar-refractivity contribution in [3.8, 4) is 0 Å². The maximum atomic E-state index is 14.3. The maximum absolute atomic E-state index is 14.3. The molecule has 4 rings (SSSR count). The van der Waals surface area contributed by atoms with Gasteiger partial charge in [0, 0.05) is 31.1 Å². The number of aryl methyl sites for hydroxylation is 1. The number of hydrogen-bond donors (Lipinski definition) is 2. The first-order valence-electron chi connectivity index (χ1n) is 11.8. The summed E-state index contributed by atoms with van der Waals surface area (Å²) in [5.41, 5.74) is 1.27. The van der Waals surface area contributed by atoms with Gasteiger partial charge < -0.3 is 10.3 Å². The number of benzene rings is 2. The number of halogens is 1.